The van der Waals surface area contributed by atoms with Crippen molar-refractivity contribution in [2.75, 3.05) is 0 Å². The minimum Gasteiger partial charge on any atom is -0.214 e. The van der Waals surface area contributed by atoms with Crippen LogP contribution in [0.1, 0.15) is 78.4 Å². The summed E-state index contributed by atoms with van der Waals surface area (Å²) in [5.41, 5.74) is 3.21. The van der Waals surface area contributed by atoms with E-state index in [9.17, 15) is 0 Å². The molecular formula is C38H46Zr-4. The van der Waals surface area contributed by atoms with E-state index in [0.29, 0.717) is 0 Å². The van der Waals surface area contributed by atoms with Crippen LogP contribution in [0, 0.1) is 12.5 Å². The predicted molar refractivity (Wildman–Crippen MR) is 172 cm³/mol. The van der Waals surface area contributed by atoms with Gasteiger partial charge in [-0.15, -0.1) is 39.7 Å². The van der Waals surface area contributed by atoms with Crippen LogP contribution in [0.15, 0.2) is 103 Å². The van der Waals surface area contributed by atoms with Crippen molar-refractivity contribution in [3.05, 3.63) is 127 Å². The van der Waals surface area contributed by atoms with Gasteiger partial charge in [-0.2, -0.15) is 67.4 Å². The topological polar surface area (TPSA) is 0 Å². The molecule has 0 heterocycles. The van der Waals surface area contributed by atoms with Crippen molar-refractivity contribution in [1.29, 1.82) is 0 Å². The van der Waals surface area contributed by atoms with Gasteiger partial charge in [-0.25, -0.2) is 12.1 Å². The van der Waals surface area contributed by atoms with Crippen LogP contribution in [0.5, 0.6) is 0 Å². The zero-order chi connectivity index (χ0) is 28.7. The van der Waals surface area contributed by atoms with Crippen molar-refractivity contribution in [2.24, 2.45) is 0 Å². The summed E-state index contributed by atoms with van der Waals surface area (Å²) in [5, 5.41) is 5.48. The monoisotopic (exact) mass is 592 g/mol. The molecule has 0 aliphatic heterocycles. The van der Waals surface area contributed by atoms with E-state index in [2.05, 4.69) is 101 Å². The summed E-state index contributed by atoms with van der Waals surface area (Å²) in [6.45, 7) is 13.6. The molecule has 1 aliphatic rings. The van der Waals surface area contributed by atoms with Crippen molar-refractivity contribution in [1.82, 2.24) is 0 Å². The molecule has 0 spiro atoms. The van der Waals surface area contributed by atoms with Gasteiger partial charge in [0.25, 0.3) is 0 Å². The van der Waals surface area contributed by atoms with E-state index < -0.39 is 0 Å². The summed E-state index contributed by atoms with van der Waals surface area (Å²) in [4.78, 5) is 0. The van der Waals surface area contributed by atoms with Crippen LogP contribution in [0.3, 0.4) is 0 Å². The second-order valence-electron chi connectivity index (χ2n) is 11.9. The first-order chi connectivity index (χ1) is 18.7. The molecular weight excluding hydrogens is 548 g/mol. The molecule has 0 unspecified atom stereocenters. The molecule has 39 heavy (non-hydrogen) atoms. The molecule has 1 saturated carbocycles. The fourth-order valence-electron chi connectivity index (χ4n) is 4.34. The first-order valence-electron chi connectivity index (χ1n) is 14.1. The zero-order valence-corrected chi connectivity index (χ0v) is 27.4. The van der Waals surface area contributed by atoms with Gasteiger partial charge in [-0.3, -0.25) is 0 Å². The number of benzene rings is 3. The van der Waals surface area contributed by atoms with Crippen molar-refractivity contribution >= 4 is 25.8 Å². The Kier molecular flexibility index (Phi) is 14.0. The average Bonchev–Trinajstić information content (AvgIpc) is 3.74. The molecule has 0 aromatic heterocycles. The smallest absolute Gasteiger partial charge is 0.171 e. The molecule has 0 bridgehead atoms. The maximum atomic E-state index is 3.34. The van der Waals surface area contributed by atoms with Gasteiger partial charge in [-0.1, -0.05) is 89.8 Å². The van der Waals surface area contributed by atoms with Gasteiger partial charge in [0.15, 0.2) is 0 Å². The van der Waals surface area contributed by atoms with Gasteiger partial charge in [0, 0.05) is 0 Å². The van der Waals surface area contributed by atoms with Gasteiger partial charge < -0.3 is 6.42 Å². The third-order valence-corrected chi connectivity index (χ3v) is 6.67. The van der Waals surface area contributed by atoms with Crippen LogP contribution >= 0.6 is 0 Å². The van der Waals surface area contributed by atoms with E-state index in [-0.39, 0.29) is 10.8 Å². The fraction of sp³-hybridized carbons (Fsp3) is 0.316. The Morgan fingerprint density at radius 2 is 1.13 bits per heavy atom. The van der Waals surface area contributed by atoms with Gasteiger partial charge in [0.1, 0.15) is 0 Å². The molecule has 0 N–H and O–H groups in total. The molecule has 0 nitrogen and oxygen atoms in total. The Balaban J connectivity index is 0.000000237. The summed E-state index contributed by atoms with van der Waals surface area (Å²) in [5.74, 6) is 0. The first-order valence-corrected chi connectivity index (χ1v) is 15.8. The normalized spacial score (nSPS) is 12.5. The molecule has 0 amide bonds. The van der Waals surface area contributed by atoms with Crippen LogP contribution in [0.2, 0.25) is 0 Å². The number of fused-ring (bicyclic) bond motifs is 3. The van der Waals surface area contributed by atoms with E-state index in [1.165, 1.54) is 82.6 Å². The van der Waals surface area contributed by atoms with Gasteiger partial charge in [0.2, 0.25) is 0 Å². The quantitative estimate of drug-likeness (QED) is 0.157. The van der Waals surface area contributed by atoms with Crippen LogP contribution in [0.25, 0.3) is 21.5 Å². The van der Waals surface area contributed by atoms with Crippen LogP contribution in [-0.4, -0.2) is 4.21 Å². The van der Waals surface area contributed by atoms with Crippen molar-refractivity contribution in [2.45, 2.75) is 78.1 Å². The molecule has 6 rings (SSSR count). The second-order valence-corrected chi connectivity index (χ2v) is 11.9. The predicted octanol–water partition coefficient (Wildman–Crippen LogP) is 10.9. The summed E-state index contributed by atoms with van der Waals surface area (Å²) >= 11 is 1.30. The maximum Gasteiger partial charge on any atom is -0.171 e. The van der Waals surface area contributed by atoms with E-state index in [4.69, 9.17) is 0 Å². The molecule has 1 heteroatoms. The van der Waals surface area contributed by atoms with E-state index in [0.717, 1.165) is 0 Å². The Morgan fingerprint density at radius 1 is 0.667 bits per heavy atom. The Morgan fingerprint density at radius 3 is 1.38 bits per heavy atom. The number of rotatable bonds is 0. The third-order valence-electron chi connectivity index (χ3n) is 6.67. The first kappa shape index (κ1) is 32.8. The van der Waals surface area contributed by atoms with Gasteiger partial charge >= 0.3 is 28.4 Å². The average molecular weight is 594 g/mol. The van der Waals surface area contributed by atoms with E-state index >= 15 is 0 Å². The van der Waals surface area contributed by atoms with E-state index in [1.54, 1.807) is 0 Å². The molecule has 1 aliphatic carbocycles. The summed E-state index contributed by atoms with van der Waals surface area (Å²) < 4.78 is 3.34. The fourth-order valence-corrected chi connectivity index (χ4v) is 4.34. The molecule has 206 valence electrons. The second kappa shape index (κ2) is 16.7. The summed E-state index contributed by atoms with van der Waals surface area (Å²) in [6.07, 6.45) is 8.00. The van der Waals surface area contributed by atoms with Crippen LogP contribution in [-0.2, 0) is 35.1 Å². The maximum absolute atomic E-state index is 3.34. The zero-order valence-electron chi connectivity index (χ0n) is 24.9. The minimum absolute atomic E-state index is 0.203. The minimum atomic E-state index is 0.203. The standard InChI is InChI=1S/C21H25.C6H5.C5H9.C5H5.CH2.Zr/c1-20(2,3)16-7-9-18-14(12-16)11-15-13-17(21(4,5)6)8-10-19(15)18;1-2-4-6-5-3-1;2*1-2-4-5-3-1;;/h7-13H,1-6H3;1-5H;1H,2-5H2;1-5H;1H2;/q4*-1;;. The Labute approximate surface area is 253 Å². The SMILES string of the molecule is CC(C)(C)c1ccc2c(c1)[cH-]c1cc(C(C)(C)C)ccc12.[CH-]1CCCC1.[CH2]=[Zr].[c-]1ccccc1.c1cc[cH-]c1. The van der Waals surface area contributed by atoms with Crippen molar-refractivity contribution in [3.8, 4) is 0 Å². The third kappa shape index (κ3) is 11.3. The molecule has 0 radical (unpaired) electrons. The molecule has 1 fully saturated rings. The molecule has 5 aromatic carbocycles. The molecule has 5 aromatic rings. The van der Waals surface area contributed by atoms with Gasteiger partial charge in [0.05, 0.1) is 0 Å². The van der Waals surface area contributed by atoms with Crippen LogP contribution in [0.4, 0.5) is 0 Å². The summed E-state index contributed by atoms with van der Waals surface area (Å²) in [7, 11) is 0. The Hall–Kier alpha value is -2.37. The van der Waals surface area contributed by atoms with Crippen LogP contribution < -0.4 is 0 Å². The largest absolute Gasteiger partial charge is 0.214 e. The Bertz CT molecular complexity index is 1180. The summed E-state index contributed by atoms with van der Waals surface area (Å²) in [6, 6.07) is 38.7. The van der Waals surface area contributed by atoms with E-state index in [1.807, 2.05) is 60.7 Å². The van der Waals surface area contributed by atoms with Crippen molar-refractivity contribution in [3.63, 3.8) is 0 Å². The molecule has 0 saturated heterocycles. The van der Waals surface area contributed by atoms with Crippen molar-refractivity contribution < 1.29 is 24.2 Å². The molecule has 0 atom stereocenters. The number of hydrogen-bond acceptors (Lipinski definition) is 0. The number of hydrogen-bond donors (Lipinski definition) is 0. The van der Waals surface area contributed by atoms with Gasteiger partial charge in [-0.05, 0) is 10.8 Å².